The van der Waals surface area contributed by atoms with Gasteiger partial charge in [0.15, 0.2) is 0 Å². The van der Waals surface area contributed by atoms with E-state index in [2.05, 4.69) is 20.9 Å². The molecule has 0 aliphatic rings. The smallest absolute Gasteiger partial charge is 0.270 e. The predicted octanol–water partition coefficient (Wildman–Crippen LogP) is 3.47. The van der Waals surface area contributed by atoms with Gasteiger partial charge in [-0.15, -0.1) is 0 Å². The van der Waals surface area contributed by atoms with Crippen molar-refractivity contribution in [2.24, 2.45) is 0 Å². The van der Waals surface area contributed by atoms with Crippen LogP contribution in [0.1, 0.15) is 28.2 Å². The van der Waals surface area contributed by atoms with E-state index in [0.29, 0.717) is 0 Å². The van der Waals surface area contributed by atoms with Gasteiger partial charge in [0, 0.05) is 10.2 Å². The molecule has 1 heterocycles. The maximum atomic E-state index is 12.4. The van der Waals surface area contributed by atoms with E-state index in [1.165, 1.54) is 13.0 Å². The van der Waals surface area contributed by atoms with E-state index in [-0.39, 0.29) is 21.4 Å². The third kappa shape index (κ3) is 2.27. The molecule has 0 unspecified atom stereocenters. The van der Waals surface area contributed by atoms with Crippen LogP contribution < -0.4 is 0 Å². The first-order chi connectivity index (χ1) is 6.43. The number of carbonyl (C=O) groups is 1. The van der Waals surface area contributed by atoms with Crippen molar-refractivity contribution >= 4 is 32.8 Å². The molecule has 0 amide bonds. The molecular weight excluding hydrogens is 279 g/mol. The van der Waals surface area contributed by atoms with Crippen molar-refractivity contribution in [2.75, 3.05) is 0 Å². The number of hydrogen-bond donors (Lipinski definition) is 0. The van der Waals surface area contributed by atoms with Crippen LogP contribution in [0.2, 0.25) is 0 Å². The molecule has 0 fully saturated rings. The summed E-state index contributed by atoms with van der Waals surface area (Å²) in [5.41, 5.74) is -0.162. The van der Waals surface area contributed by atoms with Crippen LogP contribution in [0.15, 0.2) is 10.5 Å². The van der Waals surface area contributed by atoms with Gasteiger partial charge in [-0.1, -0.05) is 15.9 Å². The average molecular weight is 284 g/mol. The van der Waals surface area contributed by atoms with E-state index in [1.54, 1.807) is 0 Å². The molecule has 0 saturated heterocycles. The number of pyridine rings is 1. The SMILES string of the molecule is Cc1nc(C(=O)Cl)cc(Br)c1C(F)F. The first-order valence-corrected chi connectivity index (χ1v) is 4.75. The molecule has 1 aromatic heterocycles. The third-order valence-electron chi connectivity index (χ3n) is 1.62. The Morgan fingerprint density at radius 2 is 2.21 bits per heavy atom. The summed E-state index contributed by atoms with van der Waals surface area (Å²) in [5, 5.41) is -0.769. The number of aromatic nitrogens is 1. The number of alkyl halides is 2. The molecular formula is C8H5BrClF2NO. The Morgan fingerprint density at radius 1 is 1.64 bits per heavy atom. The summed E-state index contributed by atoms with van der Waals surface area (Å²) in [4.78, 5) is 14.4. The number of rotatable bonds is 2. The van der Waals surface area contributed by atoms with Crippen molar-refractivity contribution in [1.82, 2.24) is 4.98 Å². The van der Waals surface area contributed by atoms with Crippen molar-refractivity contribution in [3.05, 3.63) is 27.5 Å². The summed E-state index contributed by atoms with van der Waals surface area (Å²) < 4.78 is 25.0. The van der Waals surface area contributed by atoms with Gasteiger partial charge in [-0.05, 0) is 24.6 Å². The highest BCUT2D eigenvalue weighted by Gasteiger charge is 2.18. The second kappa shape index (κ2) is 4.31. The Hall–Kier alpha value is -0.550. The molecule has 0 atom stereocenters. The van der Waals surface area contributed by atoms with Gasteiger partial charge in [-0.2, -0.15) is 0 Å². The molecule has 14 heavy (non-hydrogen) atoms. The number of hydrogen-bond acceptors (Lipinski definition) is 2. The lowest BCUT2D eigenvalue weighted by Crippen LogP contribution is -2.01. The summed E-state index contributed by atoms with van der Waals surface area (Å²) in [6, 6.07) is 1.18. The van der Waals surface area contributed by atoms with Crippen LogP contribution in [0.3, 0.4) is 0 Å². The summed E-state index contributed by atoms with van der Waals surface area (Å²) in [5.74, 6) is 0. The Balaban J connectivity index is 3.32. The first-order valence-electron chi connectivity index (χ1n) is 3.58. The van der Waals surface area contributed by atoms with Crippen molar-refractivity contribution < 1.29 is 13.6 Å². The maximum Gasteiger partial charge on any atom is 0.270 e. The topological polar surface area (TPSA) is 30.0 Å². The molecule has 0 N–H and O–H groups in total. The van der Waals surface area contributed by atoms with Crippen LogP contribution in [-0.2, 0) is 0 Å². The van der Waals surface area contributed by atoms with Crippen molar-refractivity contribution in [3.8, 4) is 0 Å². The van der Waals surface area contributed by atoms with Gasteiger partial charge < -0.3 is 0 Å². The number of aryl methyl sites for hydroxylation is 1. The molecule has 0 aliphatic heterocycles. The largest absolute Gasteiger partial charge is 0.274 e. The fraction of sp³-hybridized carbons (Fsp3) is 0.250. The highest BCUT2D eigenvalue weighted by molar-refractivity contribution is 9.10. The lowest BCUT2D eigenvalue weighted by Gasteiger charge is -2.07. The van der Waals surface area contributed by atoms with Crippen molar-refractivity contribution in [1.29, 1.82) is 0 Å². The number of carbonyl (C=O) groups excluding carboxylic acids is 1. The Morgan fingerprint density at radius 3 is 2.57 bits per heavy atom. The van der Waals surface area contributed by atoms with Gasteiger partial charge in [0.25, 0.3) is 11.7 Å². The van der Waals surface area contributed by atoms with E-state index in [1.807, 2.05) is 0 Å². The minimum atomic E-state index is -2.63. The molecule has 0 aliphatic carbocycles. The summed E-state index contributed by atoms with van der Waals surface area (Å²) in [7, 11) is 0. The van der Waals surface area contributed by atoms with Crippen LogP contribution in [0, 0.1) is 6.92 Å². The summed E-state index contributed by atoms with van der Waals surface area (Å²) in [6.45, 7) is 1.40. The van der Waals surface area contributed by atoms with Crippen LogP contribution in [0.25, 0.3) is 0 Å². The quantitative estimate of drug-likeness (QED) is 0.778. The van der Waals surface area contributed by atoms with E-state index >= 15 is 0 Å². The van der Waals surface area contributed by atoms with Crippen molar-refractivity contribution in [2.45, 2.75) is 13.3 Å². The minimum absolute atomic E-state index is 0.0413. The van der Waals surface area contributed by atoms with Gasteiger partial charge in [-0.3, -0.25) is 4.79 Å². The van der Waals surface area contributed by atoms with Crippen LogP contribution in [0.5, 0.6) is 0 Å². The monoisotopic (exact) mass is 283 g/mol. The molecule has 1 rings (SSSR count). The highest BCUT2D eigenvalue weighted by atomic mass is 79.9. The molecule has 0 spiro atoms. The van der Waals surface area contributed by atoms with Gasteiger partial charge in [0.1, 0.15) is 5.69 Å². The zero-order valence-electron chi connectivity index (χ0n) is 7.02. The lowest BCUT2D eigenvalue weighted by atomic mass is 10.2. The molecule has 1 aromatic rings. The molecule has 76 valence electrons. The Kier molecular flexibility index (Phi) is 3.55. The Bertz CT molecular complexity index is 361. The molecule has 0 aromatic carbocycles. The predicted molar refractivity (Wildman–Crippen MR) is 51.8 cm³/mol. The molecule has 6 heteroatoms. The Labute approximate surface area is 92.4 Å². The van der Waals surface area contributed by atoms with E-state index in [4.69, 9.17) is 11.6 Å². The fourth-order valence-electron chi connectivity index (χ4n) is 1.01. The zero-order chi connectivity index (χ0) is 10.9. The summed E-state index contributed by atoms with van der Waals surface area (Å²) in [6.07, 6.45) is -2.63. The van der Waals surface area contributed by atoms with Crippen molar-refractivity contribution in [3.63, 3.8) is 0 Å². The average Bonchev–Trinajstić information content (AvgIpc) is 2.01. The number of halogens is 4. The van der Waals surface area contributed by atoms with E-state index < -0.39 is 11.7 Å². The van der Waals surface area contributed by atoms with Crippen LogP contribution >= 0.6 is 27.5 Å². The highest BCUT2D eigenvalue weighted by Crippen LogP contribution is 2.30. The minimum Gasteiger partial charge on any atom is -0.274 e. The van der Waals surface area contributed by atoms with Crippen LogP contribution in [0.4, 0.5) is 8.78 Å². The number of nitrogens with zero attached hydrogens (tertiary/aromatic N) is 1. The summed E-state index contributed by atoms with van der Waals surface area (Å²) >= 11 is 8.11. The standard InChI is InChI=1S/C8H5BrClF2NO/c1-3-6(8(11)12)4(9)2-5(13-3)7(10)14/h2,8H,1H3. The normalized spacial score (nSPS) is 10.7. The van der Waals surface area contributed by atoms with Gasteiger partial charge >= 0.3 is 0 Å². The van der Waals surface area contributed by atoms with Gasteiger partial charge in [0.2, 0.25) is 0 Å². The molecule has 0 saturated carbocycles. The van der Waals surface area contributed by atoms with Crippen LogP contribution in [-0.4, -0.2) is 10.2 Å². The lowest BCUT2D eigenvalue weighted by molar-refractivity contribution is 0.107. The van der Waals surface area contributed by atoms with E-state index in [0.717, 1.165) is 0 Å². The molecule has 0 radical (unpaired) electrons. The maximum absolute atomic E-state index is 12.4. The second-order valence-electron chi connectivity index (χ2n) is 2.56. The van der Waals surface area contributed by atoms with Gasteiger partial charge in [0.05, 0.1) is 5.56 Å². The van der Waals surface area contributed by atoms with Gasteiger partial charge in [-0.25, -0.2) is 13.8 Å². The second-order valence-corrected chi connectivity index (χ2v) is 3.76. The first kappa shape index (κ1) is 11.5. The zero-order valence-corrected chi connectivity index (χ0v) is 9.36. The fourth-order valence-corrected chi connectivity index (χ4v) is 1.78. The molecule has 0 bridgehead atoms. The third-order valence-corrected chi connectivity index (χ3v) is 2.47. The van der Waals surface area contributed by atoms with E-state index in [9.17, 15) is 13.6 Å². The molecule has 2 nitrogen and oxygen atoms in total.